The van der Waals surface area contributed by atoms with Gasteiger partial charge in [0.05, 0.1) is 11.8 Å². The van der Waals surface area contributed by atoms with Crippen molar-refractivity contribution in [2.24, 2.45) is 11.8 Å². The second-order valence-corrected chi connectivity index (χ2v) is 6.36. The van der Waals surface area contributed by atoms with Gasteiger partial charge in [-0.05, 0) is 47.5 Å². The van der Waals surface area contributed by atoms with Gasteiger partial charge in [-0.2, -0.15) is 0 Å². The molecule has 0 saturated carbocycles. The predicted molar refractivity (Wildman–Crippen MR) is 66.2 cm³/mol. The van der Waals surface area contributed by atoms with Crippen molar-refractivity contribution in [2.45, 2.75) is 53.0 Å². The quantitative estimate of drug-likeness (QED) is 0.478. The standard InChI is InChI=1S/C14H21NO2/c1-8-6-10-11(7-9(8)2)13(17)15(12(10)16)14(3,4)5/h10-11H,6-7H2,1-5H3/t10-,11-/m1/s1. The van der Waals surface area contributed by atoms with Crippen molar-refractivity contribution < 1.29 is 9.59 Å². The van der Waals surface area contributed by atoms with Crippen LogP contribution in [0.4, 0.5) is 0 Å². The van der Waals surface area contributed by atoms with Crippen LogP contribution in [0.25, 0.3) is 0 Å². The number of carbonyl (C=O) groups excluding carboxylic acids is 2. The molecule has 2 aliphatic rings. The molecule has 1 saturated heterocycles. The lowest BCUT2D eigenvalue weighted by Crippen LogP contribution is -2.46. The third kappa shape index (κ3) is 1.81. The number of rotatable bonds is 0. The molecule has 0 aromatic carbocycles. The maximum atomic E-state index is 12.3. The average Bonchev–Trinajstić information content (AvgIpc) is 2.40. The highest BCUT2D eigenvalue weighted by molar-refractivity contribution is 6.06. The third-order valence-electron chi connectivity index (χ3n) is 4.01. The fourth-order valence-corrected chi connectivity index (χ4v) is 2.91. The maximum Gasteiger partial charge on any atom is 0.233 e. The van der Waals surface area contributed by atoms with Gasteiger partial charge in [-0.15, -0.1) is 0 Å². The highest BCUT2D eigenvalue weighted by atomic mass is 16.2. The second kappa shape index (κ2) is 3.69. The number of hydrogen-bond donors (Lipinski definition) is 0. The van der Waals surface area contributed by atoms with Crippen LogP contribution in [0.5, 0.6) is 0 Å². The van der Waals surface area contributed by atoms with Crippen molar-refractivity contribution in [1.82, 2.24) is 4.90 Å². The van der Waals surface area contributed by atoms with Gasteiger partial charge < -0.3 is 0 Å². The molecular formula is C14H21NO2. The number of allylic oxidation sites excluding steroid dienone is 2. The molecule has 0 aromatic rings. The molecule has 3 nitrogen and oxygen atoms in total. The highest BCUT2D eigenvalue weighted by Crippen LogP contribution is 2.42. The molecule has 2 rings (SSSR count). The first-order chi connectivity index (χ1) is 7.73. The minimum atomic E-state index is -0.396. The molecule has 0 N–H and O–H groups in total. The molecule has 2 atom stereocenters. The van der Waals surface area contributed by atoms with Gasteiger partial charge >= 0.3 is 0 Å². The van der Waals surface area contributed by atoms with E-state index in [4.69, 9.17) is 0 Å². The summed E-state index contributed by atoms with van der Waals surface area (Å²) in [5, 5.41) is 0. The van der Waals surface area contributed by atoms with Crippen LogP contribution < -0.4 is 0 Å². The van der Waals surface area contributed by atoms with Crippen LogP contribution >= 0.6 is 0 Å². The van der Waals surface area contributed by atoms with Gasteiger partial charge in [0.25, 0.3) is 0 Å². The number of likely N-dealkylation sites (tertiary alicyclic amines) is 1. The van der Waals surface area contributed by atoms with Crippen molar-refractivity contribution >= 4 is 11.8 Å². The minimum Gasteiger partial charge on any atom is -0.277 e. The molecule has 1 heterocycles. The van der Waals surface area contributed by atoms with Gasteiger partial charge in [0.15, 0.2) is 0 Å². The molecule has 0 radical (unpaired) electrons. The Kier molecular flexibility index (Phi) is 2.68. The largest absolute Gasteiger partial charge is 0.277 e. The zero-order valence-corrected chi connectivity index (χ0v) is 11.3. The van der Waals surface area contributed by atoms with Crippen LogP contribution in [0.1, 0.15) is 47.5 Å². The lowest BCUT2D eigenvalue weighted by molar-refractivity contribution is -0.145. The van der Waals surface area contributed by atoms with Crippen LogP contribution in [0.3, 0.4) is 0 Å². The van der Waals surface area contributed by atoms with Gasteiger partial charge in [-0.1, -0.05) is 11.1 Å². The summed E-state index contributed by atoms with van der Waals surface area (Å²) in [5.41, 5.74) is 2.17. The molecule has 3 heteroatoms. The molecule has 0 aromatic heterocycles. The van der Waals surface area contributed by atoms with Crippen molar-refractivity contribution in [3.8, 4) is 0 Å². The Morgan fingerprint density at radius 3 is 1.59 bits per heavy atom. The number of carbonyl (C=O) groups is 2. The number of nitrogens with zero attached hydrogens (tertiary/aromatic N) is 1. The molecule has 0 bridgehead atoms. The summed E-state index contributed by atoms with van der Waals surface area (Å²) in [7, 11) is 0. The Bertz CT molecular complexity index is 382. The molecule has 1 aliphatic heterocycles. The smallest absolute Gasteiger partial charge is 0.233 e. The Hall–Kier alpha value is -1.12. The van der Waals surface area contributed by atoms with E-state index in [1.54, 1.807) is 0 Å². The number of hydrogen-bond acceptors (Lipinski definition) is 2. The zero-order chi connectivity index (χ0) is 13.0. The maximum absolute atomic E-state index is 12.3. The van der Waals surface area contributed by atoms with Gasteiger partial charge in [-0.3, -0.25) is 14.5 Å². The zero-order valence-electron chi connectivity index (χ0n) is 11.3. The minimum absolute atomic E-state index is 0.0272. The van der Waals surface area contributed by atoms with E-state index in [-0.39, 0.29) is 23.7 Å². The van der Waals surface area contributed by atoms with Crippen molar-refractivity contribution in [2.75, 3.05) is 0 Å². The van der Waals surface area contributed by atoms with Crippen LogP contribution in [-0.2, 0) is 9.59 Å². The van der Waals surface area contributed by atoms with Gasteiger partial charge in [0.2, 0.25) is 11.8 Å². The van der Waals surface area contributed by atoms with Gasteiger partial charge in [0, 0.05) is 5.54 Å². The van der Waals surface area contributed by atoms with Crippen LogP contribution in [-0.4, -0.2) is 22.3 Å². The number of imide groups is 1. The van der Waals surface area contributed by atoms with Crippen molar-refractivity contribution in [3.63, 3.8) is 0 Å². The van der Waals surface area contributed by atoms with E-state index < -0.39 is 5.54 Å². The molecule has 17 heavy (non-hydrogen) atoms. The topological polar surface area (TPSA) is 37.4 Å². The van der Waals surface area contributed by atoms with E-state index in [2.05, 4.69) is 13.8 Å². The van der Waals surface area contributed by atoms with E-state index in [1.807, 2.05) is 20.8 Å². The van der Waals surface area contributed by atoms with Gasteiger partial charge in [0.1, 0.15) is 0 Å². The summed E-state index contributed by atoms with van der Waals surface area (Å²) >= 11 is 0. The van der Waals surface area contributed by atoms with E-state index in [1.165, 1.54) is 16.0 Å². The average molecular weight is 235 g/mol. The predicted octanol–water partition coefficient (Wildman–Crippen LogP) is 2.52. The monoisotopic (exact) mass is 235 g/mol. The second-order valence-electron chi connectivity index (χ2n) is 6.36. The molecule has 0 unspecified atom stereocenters. The first-order valence-corrected chi connectivity index (χ1v) is 6.26. The van der Waals surface area contributed by atoms with Gasteiger partial charge in [-0.25, -0.2) is 0 Å². The molecular weight excluding hydrogens is 214 g/mol. The van der Waals surface area contributed by atoms with E-state index in [0.717, 1.165) is 12.8 Å². The molecule has 1 fully saturated rings. The molecule has 94 valence electrons. The fraction of sp³-hybridized carbons (Fsp3) is 0.714. The lowest BCUT2D eigenvalue weighted by atomic mass is 9.78. The SMILES string of the molecule is CC1=C(C)C[C@H]2C(=O)N(C(C)(C)C)C(=O)[C@@H]2C1. The Morgan fingerprint density at radius 2 is 1.29 bits per heavy atom. The highest BCUT2D eigenvalue weighted by Gasteiger charge is 2.52. The van der Waals surface area contributed by atoms with Crippen LogP contribution in [0.15, 0.2) is 11.1 Å². The Labute approximate surface area is 103 Å². The van der Waals surface area contributed by atoms with Crippen LogP contribution in [0, 0.1) is 11.8 Å². The summed E-state index contributed by atoms with van der Waals surface area (Å²) in [6.07, 6.45) is 1.52. The molecule has 2 amide bonds. The number of amides is 2. The van der Waals surface area contributed by atoms with E-state index in [9.17, 15) is 9.59 Å². The Balaban J connectivity index is 2.35. The fourth-order valence-electron chi connectivity index (χ4n) is 2.91. The number of fused-ring (bicyclic) bond motifs is 1. The van der Waals surface area contributed by atoms with E-state index >= 15 is 0 Å². The van der Waals surface area contributed by atoms with E-state index in [0.29, 0.717) is 0 Å². The molecule has 0 spiro atoms. The van der Waals surface area contributed by atoms with Crippen molar-refractivity contribution in [3.05, 3.63) is 11.1 Å². The summed E-state index contributed by atoms with van der Waals surface area (Å²) in [5.74, 6) is -0.158. The third-order valence-corrected chi connectivity index (χ3v) is 4.01. The first kappa shape index (κ1) is 12.3. The summed E-state index contributed by atoms with van der Waals surface area (Å²) in [6.45, 7) is 9.92. The summed E-state index contributed by atoms with van der Waals surface area (Å²) in [6, 6.07) is 0. The van der Waals surface area contributed by atoms with Crippen LogP contribution in [0.2, 0.25) is 0 Å². The normalized spacial score (nSPS) is 30.1. The van der Waals surface area contributed by atoms with Crippen molar-refractivity contribution in [1.29, 1.82) is 0 Å². The summed E-state index contributed by atoms with van der Waals surface area (Å²) < 4.78 is 0. The summed E-state index contributed by atoms with van der Waals surface area (Å²) in [4.78, 5) is 26.1. The lowest BCUT2D eigenvalue weighted by Gasteiger charge is -2.30. The molecule has 1 aliphatic carbocycles. The Morgan fingerprint density at radius 1 is 0.941 bits per heavy atom. The first-order valence-electron chi connectivity index (χ1n) is 6.26.